The van der Waals surface area contributed by atoms with Crippen LogP contribution in [0.5, 0.6) is 0 Å². The van der Waals surface area contributed by atoms with Gasteiger partial charge in [-0.3, -0.25) is 14.5 Å². The number of nitrogens with one attached hydrogen (secondary N) is 1. The van der Waals surface area contributed by atoms with E-state index >= 15 is 0 Å². The van der Waals surface area contributed by atoms with Crippen molar-refractivity contribution in [1.82, 2.24) is 0 Å². The van der Waals surface area contributed by atoms with Crippen molar-refractivity contribution in [3.8, 4) is 0 Å². The minimum absolute atomic E-state index is 0.188. The zero-order valence-electron chi connectivity index (χ0n) is 14.4. The number of benzene rings is 3. The summed E-state index contributed by atoms with van der Waals surface area (Å²) in [5.74, 6) is -0.426. The van der Waals surface area contributed by atoms with Crippen LogP contribution in [0.2, 0.25) is 5.02 Å². The molecule has 27 heavy (non-hydrogen) atoms. The lowest BCUT2D eigenvalue weighted by molar-refractivity contribution is -0.117. The number of rotatable bonds is 3. The Hall–Kier alpha value is -3.11. The fourth-order valence-electron chi connectivity index (χ4n) is 3.36. The highest BCUT2D eigenvalue weighted by atomic mass is 35.5. The average molecular weight is 377 g/mol. The summed E-state index contributed by atoms with van der Waals surface area (Å²) < 4.78 is 0. The van der Waals surface area contributed by atoms with E-state index in [4.69, 9.17) is 11.6 Å². The van der Waals surface area contributed by atoms with E-state index < -0.39 is 6.04 Å². The molecule has 3 aromatic carbocycles. The highest BCUT2D eigenvalue weighted by molar-refractivity contribution is 6.31. The van der Waals surface area contributed by atoms with Gasteiger partial charge in [-0.1, -0.05) is 54.1 Å². The molecule has 3 aromatic rings. The van der Waals surface area contributed by atoms with Crippen LogP contribution in [0.15, 0.2) is 78.9 Å². The third-order valence-corrected chi connectivity index (χ3v) is 4.85. The summed E-state index contributed by atoms with van der Waals surface area (Å²) in [5.41, 5.74) is 2.91. The van der Waals surface area contributed by atoms with Crippen LogP contribution < -0.4 is 10.2 Å². The predicted molar refractivity (Wildman–Crippen MR) is 107 cm³/mol. The van der Waals surface area contributed by atoms with E-state index in [0.29, 0.717) is 22.7 Å². The Labute approximate surface area is 162 Å². The molecule has 1 aliphatic heterocycles. The van der Waals surface area contributed by atoms with Crippen LogP contribution in [0, 0.1) is 0 Å². The molecule has 0 aromatic heterocycles. The molecule has 0 saturated carbocycles. The number of fused-ring (bicyclic) bond motifs is 1. The maximum Gasteiger partial charge on any atom is 0.259 e. The van der Waals surface area contributed by atoms with Gasteiger partial charge < -0.3 is 5.32 Å². The Balaban J connectivity index is 1.66. The van der Waals surface area contributed by atoms with Crippen molar-refractivity contribution < 1.29 is 9.59 Å². The Bertz CT molecular complexity index is 1000. The third kappa shape index (κ3) is 3.44. The van der Waals surface area contributed by atoms with E-state index in [1.807, 2.05) is 42.5 Å². The number of anilines is 2. The molecule has 0 aliphatic carbocycles. The maximum absolute atomic E-state index is 13.2. The molecule has 1 aliphatic rings. The van der Waals surface area contributed by atoms with Crippen LogP contribution in [0.4, 0.5) is 11.4 Å². The number of hydrogen-bond donors (Lipinski definition) is 1. The summed E-state index contributed by atoms with van der Waals surface area (Å²) >= 11 is 6.00. The summed E-state index contributed by atoms with van der Waals surface area (Å²) in [5, 5.41) is 3.42. The molecule has 4 nitrogen and oxygen atoms in total. The summed E-state index contributed by atoms with van der Waals surface area (Å²) in [7, 11) is 0. The summed E-state index contributed by atoms with van der Waals surface area (Å²) in [4.78, 5) is 27.7. The Morgan fingerprint density at radius 1 is 0.926 bits per heavy atom. The molecule has 1 atom stereocenters. The fourth-order valence-corrected chi connectivity index (χ4v) is 3.55. The predicted octanol–water partition coefficient (Wildman–Crippen LogP) is 4.55. The molecule has 0 saturated heterocycles. The van der Waals surface area contributed by atoms with Gasteiger partial charge in [0.25, 0.3) is 5.91 Å². The zero-order valence-corrected chi connectivity index (χ0v) is 15.2. The quantitative estimate of drug-likeness (QED) is 0.729. The molecule has 0 radical (unpaired) electrons. The van der Waals surface area contributed by atoms with Crippen molar-refractivity contribution in [3.63, 3.8) is 0 Å². The molecule has 1 heterocycles. The standard InChI is InChI=1S/C22H17ClN2O2/c23-17-10-6-11-18(14-17)24-21(26)20-13-16-9-4-5-12-19(16)25(20)22(27)15-7-2-1-3-8-15/h1-12,14,20H,13H2,(H,24,26)/t20-/m1/s1. The molecule has 2 amide bonds. The number of nitrogens with zero attached hydrogens (tertiary/aromatic N) is 1. The van der Waals surface area contributed by atoms with E-state index in [9.17, 15) is 9.59 Å². The molecule has 134 valence electrons. The van der Waals surface area contributed by atoms with Gasteiger partial charge >= 0.3 is 0 Å². The summed E-state index contributed by atoms with van der Waals surface area (Å²) in [6, 6.07) is 23.0. The highest BCUT2D eigenvalue weighted by Gasteiger charge is 2.38. The number of carbonyl (C=O) groups is 2. The minimum atomic E-state index is -0.617. The Kier molecular flexibility index (Phi) is 4.65. The first-order valence-corrected chi connectivity index (χ1v) is 9.04. The molecule has 4 rings (SSSR count). The van der Waals surface area contributed by atoms with Crippen LogP contribution in [-0.4, -0.2) is 17.9 Å². The molecular formula is C22H17ClN2O2. The molecule has 0 bridgehead atoms. The monoisotopic (exact) mass is 376 g/mol. The van der Waals surface area contributed by atoms with E-state index in [-0.39, 0.29) is 11.8 Å². The molecule has 0 unspecified atom stereocenters. The van der Waals surface area contributed by atoms with Crippen LogP contribution in [0.3, 0.4) is 0 Å². The first kappa shape index (κ1) is 17.3. The number of hydrogen-bond acceptors (Lipinski definition) is 2. The second-order valence-electron chi connectivity index (χ2n) is 6.39. The molecule has 1 N–H and O–H groups in total. The number of halogens is 1. The molecular weight excluding hydrogens is 360 g/mol. The van der Waals surface area contributed by atoms with Gasteiger partial charge in [0.15, 0.2) is 0 Å². The molecule has 5 heteroatoms. The molecule has 0 fully saturated rings. The lowest BCUT2D eigenvalue weighted by Crippen LogP contribution is -2.45. The van der Waals surface area contributed by atoms with Crippen molar-refractivity contribution >= 4 is 34.8 Å². The number of carbonyl (C=O) groups excluding carboxylic acids is 2. The Morgan fingerprint density at radius 3 is 2.44 bits per heavy atom. The van der Waals surface area contributed by atoms with Gasteiger partial charge in [-0.25, -0.2) is 0 Å². The van der Waals surface area contributed by atoms with Crippen molar-refractivity contribution in [2.75, 3.05) is 10.2 Å². The van der Waals surface area contributed by atoms with Gasteiger partial charge in [0.2, 0.25) is 5.91 Å². The first-order valence-electron chi connectivity index (χ1n) is 8.66. The van der Waals surface area contributed by atoms with Crippen LogP contribution in [0.1, 0.15) is 15.9 Å². The van der Waals surface area contributed by atoms with E-state index in [1.165, 1.54) is 0 Å². The van der Waals surface area contributed by atoms with E-state index in [1.54, 1.807) is 41.3 Å². The van der Waals surface area contributed by atoms with Crippen LogP contribution in [-0.2, 0) is 11.2 Å². The van der Waals surface area contributed by atoms with Gasteiger partial charge in [-0.05, 0) is 42.0 Å². The van der Waals surface area contributed by atoms with Crippen LogP contribution >= 0.6 is 11.6 Å². The van der Waals surface area contributed by atoms with Gasteiger partial charge in [0, 0.05) is 28.4 Å². The second-order valence-corrected chi connectivity index (χ2v) is 6.83. The van der Waals surface area contributed by atoms with Crippen molar-refractivity contribution in [3.05, 3.63) is 95.0 Å². The highest BCUT2D eigenvalue weighted by Crippen LogP contribution is 2.34. The topological polar surface area (TPSA) is 49.4 Å². The lowest BCUT2D eigenvalue weighted by Gasteiger charge is -2.25. The largest absolute Gasteiger partial charge is 0.324 e. The first-order chi connectivity index (χ1) is 13.1. The smallest absolute Gasteiger partial charge is 0.259 e. The normalized spacial score (nSPS) is 15.3. The van der Waals surface area contributed by atoms with Crippen LogP contribution in [0.25, 0.3) is 0 Å². The summed E-state index contributed by atoms with van der Waals surface area (Å²) in [6.07, 6.45) is 0.473. The van der Waals surface area contributed by atoms with E-state index in [0.717, 1.165) is 11.3 Å². The second kappa shape index (κ2) is 7.25. The van der Waals surface area contributed by atoms with Gasteiger partial charge in [0.05, 0.1) is 0 Å². The fraction of sp³-hybridized carbons (Fsp3) is 0.0909. The van der Waals surface area contributed by atoms with Crippen molar-refractivity contribution in [1.29, 1.82) is 0 Å². The minimum Gasteiger partial charge on any atom is -0.324 e. The zero-order chi connectivity index (χ0) is 18.8. The average Bonchev–Trinajstić information content (AvgIpc) is 3.08. The molecule has 0 spiro atoms. The Morgan fingerprint density at radius 2 is 1.67 bits per heavy atom. The lowest BCUT2D eigenvalue weighted by atomic mass is 10.1. The summed E-state index contributed by atoms with van der Waals surface area (Å²) in [6.45, 7) is 0. The third-order valence-electron chi connectivity index (χ3n) is 4.61. The van der Waals surface area contributed by atoms with Crippen molar-refractivity contribution in [2.24, 2.45) is 0 Å². The van der Waals surface area contributed by atoms with Crippen molar-refractivity contribution in [2.45, 2.75) is 12.5 Å². The van der Waals surface area contributed by atoms with Gasteiger partial charge in [0.1, 0.15) is 6.04 Å². The van der Waals surface area contributed by atoms with Gasteiger partial charge in [-0.15, -0.1) is 0 Å². The maximum atomic E-state index is 13.2. The number of amides is 2. The van der Waals surface area contributed by atoms with E-state index in [2.05, 4.69) is 5.32 Å². The number of para-hydroxylation sites is 1. The SMILES string of the molecule is O=C(Nc1cccc(Cl)c1)[C@H]1Cc2ccccc2N1C(=O)c1ccccc1. The van der Waals surface area contributed by atoms with Gasteiger partial charge in [-0.2, -0.15) is 0 Å².